The van der Waals surface area contributed by atoms with Crippen molar-refractivity contribution in [3.63, 3.8) is 0 Å². The van der Waals surface area contributed by atoms with Gasteiger partial charge in [-0.05, 0) is 28.8 Å². The zero-order valence-electron chi connectivity index (χ0n) is 18.4. The van der Waals surface area contributed by atoms with E-state index >= 15 is 0 Å². The topological polar surface area (TPSA) is 111 Å². The Morgan fingerprint density at radius 1 is 0.765 bits per heavy atom. The fraction of sp³-hybridized carbons (Fsp3) is 0.192. The fourth-order valence-electron chi connectivity index (χ4n) is 3.36. The summed E-state index contributed by atoms with van der Waals surface area (Å²) in [5.41, 5.74) is 7.93. The Hall–Kier alpha value is -3.84. The summed E-state index contributed by atoms with van der Waals surface area (Å²) in [5, 5.41) is 5.77. The van der Waals surface area contributed by atoms with Gasteiger partial charge in [0, 0.05) is 17.9 Å². The second-order valence-electron chi connectivity index (χ2n) is 7.75. The average Bonchev–Trinajstić information content (AvgIpc) is 2.83. The van der Waals surface area contributed by atoms with Gasteiger partial charge in [0.15, 0.2) is 0 Å². The van der Waals surface area contributed by atoms with Crippen molar-refractivity contribution in [3.8, 4) is 0 Å². The van der Waals surface area contributed by atoms with Gasteiger partial charge in [-0.15, -0.1) is 0 Å². The minimum absolute atomic E-state index is 0.0605. The Labute approximate surface area is 203 Å². The molecule has 0 spiro atoms. The number of halogens is 1. The second kappa shape index (κ2) is 12.4. The van der Waals surface area contributed by atoms with Gasteiger partial charge < -0.3 is 21.1 Å². The molecule has 0 unspecified atom stereocenters. The van der Waals surface area contributed by atoms with E-state index in [1.54, 1.807) is 24.3 Å². The zero-order valence-corrected chi connectivity index (χ0v) is 19.2. The van der Waals surface area contributed by atoms with Gasteiger partial charge in [0.25, 0.3) is 0 Å². The van der Waals surface area contributed by atoms with E-state index in [0.717, 1.165) is 16.7 Å². The third-order valence-corrected chi connectivity index (χ3v) is 5.33. The molecule has 4 N–H and O–H groups in total. The van der Waals surface area contributed by atoms with E-state index in [1.807, 2.05) is 60.7 Å². The van der Waals surface area contributed by atoms with Crippen molar-refractivity contribution in [3.05, 3.63) is 107 Å². The van der Waals surface area contributed by atoms with Crippen molar-refractivity contribution < 1.29 is 19.1 Å². The van der Waals surface area contributed by atoms with E-state index in [4.69, 9.17) is 22.1 Å². The molecule has 8 heteroatoms. The predicted molar refractivity (Wildman–Crippen MR) is 130 cm³/mol. The molecule has 7 nitrogen and oxygen atoms in total. The maximum atomic E-state index is 13.1. The van der Waals surface area contributed by atoms with E-state index in [-0.39, 0.29) is 19.4 Å². The molecule has 0 radical (unpaired) electrons. The number of rotatable bonds is 10. The van der Waals surface area contributed by atoms with Crippen LogP contribution in [0.1, 0.15) is 16.7 Å². The lowest BCUT2D eigenvalue weighted by molar-refractivity contribution is -0.128. The molecule has 0 aliphatic carbocycles. The Balaban J connectivity index is 1.69. The molecule has 3 aromatic carbocycles. The standard InChI is InChI=1S/C26H26ClN3O4/c27-21-13-7-12-20(14-21)16-22(24(28)31)29-25(32)23(15-18-8-3-1-4-9-18)30-26(33)34-17-19-10-5-2-6-11-19/h1-14,22-23H,15-17H2,(H2,28,31)(H,29,32)(H,30,33)/t22-,23-/m0/s1. The molecular formula is C26H26ClN3O4. The van der Waals surface area contributed by atoms with Crippen LogP contribution in [-0.4, -0.2) is 30.0 Å². The van der Waals surface area contributed by atoms with Crippen molar-refractivity contribution >= 4 is 29.5 Å². The highest BCUT2D eigenvalue weighted by Crippen LogP contribution is 2.13. The number of carbonyl (C=O) groups excluding carboxylic acids is 3. The number of carbonyl (C=O) groups is 3. The van der Waals surface area contributed by atoms with Crippen LogP contribution in [0.15, 0.2) is 84.9 Å². The molecule has 0 saturated carbocycles. The Morgan fingerprint density at radius 2 is 1.35 bits per heavy atom. The third-order valence-electron chi connectivity index (χ3n) is 5.09. The fourth-order valence-corrected chi connectivity index (χ4v) is 3.57. The lowest BCUT2D eigenvalue weighted by Gasteiger charge is -2.22. The summed E-state index contributed by atoms with van der Waals surface area (Å²) in [6.45, 7) is 0.0605. The third kappa shape index (κ3) is 7.94. The van der Waals surface area contributed by atoms with Crippen molar-refractivity contribution in [2.75, 3.05) is 0 Å². The number of nitrogens with one attached hydrogen (secondary N) is 2. The molecule has 0 aliphatic rings. The first-order valence-electron chi connectivity index (χ1n) is 10.8. The monoisotopic (exact) mass is 479 g/mol. The minimum Gasteiger partial charge on any atom is -0.445 e. The highest BCUT2D eigenvalue weighted by molar-refractivity contribution is 6.30. The Kier molecular flexibility index (Phi) is 9.05. The Morgan fingerprint density at radius 3 is 1.97 bits per heavy atom. The molecule has 3 amide bonds. The molecule has 34 heavy (non-hydrogen) atoms. The molecule has 0 fully saturated rings. The van der Waals surface area contributed by atoms with Crippen LogP contribution in [0.3, 0.4) is 0 Å². The van der Waals surface area contributed by atoms with Crippen LogP contribution < -0.4 is 16.4 Å². The summed E-state index contributed by atoms with van der Waals surface area (Å²) in [7, 11) is 0. The zero-order chi connectivity index (χ0) is 24.3. The van der Waals surface area contributed by atoms with E-state index in [2.05, 4.69) is 10.6 Å². The first-order valence-corrected chi connectivity index (χ1v) is 11.1. The quantitative estimate of drug-likeness (QED) is 0.414. The lowest BCUT2D eigenvalue weighted by Crippen LogP contribution is -2.54. The van der Waals surface area contributed by atoms with Crippen LogP contribution >= 0.6 is 11.6 Å². The molecule has 0 saturated heterocycles. The number of primary amides is 1. The molecule has 3 aromatic rings. The summed E-state index contributed by atoms with van der Waals surface area (Å²) in [4.78, 5) is 37.6. The van der Waals surface area contributed by atoms with Gasteiger partial charge >= 0.3 is 6.09 Å². The van der Waals surface area contributed by atoms with Crippen LogP contribution in [0.5, 0.6) is 0 Å². The van der Waals surface area contributed by atoms with Gasteiger partial charge in [0.05, 0.1) is 0 Å². The second-order valence-corrected chi connectivity index (χ2v) is 8.18. The normalized spacial score (nSPS) is 12.3. The SMILES string of the molecule is NC(=O)[C@H](Cc1cccc(Cl)c1)NC(=O)[C@H](Cc1ccccc1)NC(=O)OCc1ccccc1. The molecule has 2 atom stereocenters. The highest BCUT2D eigenvalue weighted by Gasteiger charge is 2.26. The molecular weight excluding hydrogens is 454 g/mol. The maximum Gasteiger partial charge on any atom is 0.408 e. The predicted octanol–water partition coefficient (Wildman–Crippen LogP) is 3.39. The highest BCUT2D eigenvalue weighted by atomic mass is 35.5. The number of hydrogen-bond acceptors (Lipinski definition) is 4. The van der Waals surface area contributed by atoms with Crippen LogP contribution in [0, 0.1) is 0 Å². The van der Waals surface area contributed by atoms with Crippen LogP contribution in [0.2, 0.25) is 5.02 Å². The molecule has 176 valence electrons. The number of amides is 3. The van der Waals surface area contributed by atoms with Gasteiger partial charge in [-0.25, -0.2) is 4.79 Å². The van der Waals surface area contributed by atoms with Gasteiger partial charge in [-0.3, -0.25) is 9.59 Å². The lowest BCUT2D eigenvalue weighted by atomic mass is 10.0. The van der Waals surface area contributed by atoms with Gasteiger partial charge in [-0.2, -0.15) is 0 Å². The number of benzene rings is 3. The van der Waals surface area contributed by atoms with Gasteiger partial charge in [-0.1, -0.05) is 84.4 Å². The smallest absolute Gasteiger partial charge is 0.408 e. The number of hydrogen-bond donors (Lipinski definition) is 3. The van der Waals surface area contributed by atoms with Gasteiger partial charge in [0.1, 0.15) is 18.7 Å². The van der Waals surface area contributed by atoms with E-state index in [9.17, 15) is 14.4 Å². The Bertz CT molecular complexity index is 1110. The van der Waals surface area contributed by atoms with Crippen molar-refractivity contribution in [1.29, 1.82) is 0 Å². The maximum absolute atomic E-state index is 13.1. The van der Waals surface area contributed by atoms with Crippen LogP contribution in [0.25, 0.3) is 0 Å². The summed E-state index contributed by atoms with van der Waals surface area (Å²) in [5.74, 6) is -1.25. The number of alkyl carbamates (subject to hydrolysis) is 1. The average molecular weight is 480 g/mol. The van der Waals surface area contributed by atoms with Crippen molar-refractivity contribution in [2.24, 2.45) is 5.73 Å². The first kappa shape index (κ1) is 24.8. The van der Waals surface area contributed by atoms with Crippen LogP contribution in [-0.2, 0) is 33.8 Å². The molecule has 0 aromatic heterocycles. The van der Waals surface area contributed by atoms with Crippen molar-refractivity contribution in [1.82, 2.24) is 10.6 Å². The van der Waals surface area contributed by atoms with E-state index < -0.39 is 30.0 Å². The largest absolute Gasteiger partial charge is 0.445 e. The first-order chi connectivity index (χ1) is 16.4. The molecule has 0 bridgehead atoms. The van der Waals surface area contributed by atoms with Crippen LogP contribution in [0.4, 0.5) is 4.79 Å². The minimum atomic E-state index is -0.980. The number of nitrogens with two attached hydrogens (primary N) is 1. The molecule has 3 rings (SSSR count). The van der Waals surface area contributed by atoms with E-state index in [1.165, 1.54) is 0 Å². The van der Waals surface area contributed by atoms with Gasteiger partial charge in [0.2, 0.25) is 11.8 Å². The molecule has 0 heterocycles. The summed E-state index contributed by atoms with van der Waals surface area (Å²) >= 11 is 6.02. The summed E-state index contributed by atoms with van der Waals surface area (Å²) in [6, 6.07) is 23.4. The van der Waals surface area contributed by atoms with E-state index in [0.29, 0.717) is 5.02 Å². The summed E-state index contributed by atoms with van der Waals surface area (Å²) in [6.07, 6.45) is -0.376. The summed E-state index contributed by atoms with van der Waals surface area (Å²) < 4.78 is 5.27. The molecule has 0 aliphatic heterocycles. The number of ether oxygens (including phenoxy) is 1. The van der Waals surface area contributed by atoms with Crippen molar-refractivity contribution in [2.45, 2.75) is 31.5 Å².